The molecule has 0 spiro atoms. The second-order valence-corrected chi connectivity index (χ2v) is 6.41. The fraction of sp³-hybridized carbons (Fsp3) is 0.350. The van der Waals surface area contributed by atoms with E-state index in [1.807, 2.05) is 11.8 Å². The SMILES string of the molecule is C=CC(=O)N1CCN(c2ccc(CNc3nc(C)cc(OC)n3)cc2)CC1. The van der Waals surface area contributed by atoms with E-state index in [-0.39, 0.29) is 5.91 Å². The molecule has 7 nitrogen and oxygen atoms in total. The van der Waals surface area contributed by atoms with Gasteiger partial charge in [0.15, 0.2) is 0 Å². The summed E-state index contributed by atoms with van der Waals surface area (Å²) in [7, 11) is 1.59. The molecule has 2 aromatic rings. The minimum atomic E-state index is 0.00562. The molecule has 142 valence electrons. The van der Waals surface area contributed by atoms with Crippen LogP contribution in [0.3, 0.4) is 0 Å². The Kier molecular flexibility index (Phi) is 5.90. The van der Waals surface area contributed by atoms with E-state index >= 15 is 0 Å². The number of carbonyl (C=O) groups is 1. The van der Waals surface area contributed by atoms with E-state index in [1.165, 1.54) is 6.08 Å². The number of rotatable bonds is 6. The normalized spacial score (nSPS) is 14.0. The highest BCUT2D eigenvalue weighted by atomic mass is 16.5. The summed E-state index contributed by atoms with van der Waals surface area (Å²) < 4.78 is 5.17. The van der Waals surface area contributed by atoms with E-state index in [9.17, 15) is 4.79 Å². The zero-order valence-electron chi connectivity index (χ0n) is 15.8. The Morgan fingerprint density at radius 3 is 2.56 bits per heavy atom. The summed E-state index contributed by atoms with van der Waals surface area (Å²) in [5.74, 6) is 1.11. The van der Waals surface area contributed by atoms with Gasteiger partial charge in [0.2, 0.25) is 17.7 Å². The second-order valence-electron chi connectivity index (χ2n) is 6.41. The molecule has 0 aliphatic carbocycles. The Bertz CT molecular complexity index is 799. The van der Waals surface area contributed by atoms with Gasteiger partial charge >= 0.3 is 0 Å². The van der Waals surface area contributed by atoms with Crippen molar-refractivity contribution in [2.24, 2.45) is 0 Å². The van der Waals surface area contributed by atoms with Gasteiger partial charge in [-0.2, -0.15) is 4.98 Å². The van der Waals surface area contributed by atoms with E-state index in [4.69, 9.17) is 4.74 Å². The van der Waals surface area contributed by atoms with Gasteiger partial charge in [-0.3, -0.25) is 4.79 Å². The number of hydrogen-bond acceptors (Lipinski definition) is 6. The molecule has 0 radical (unpaired) electrons. The Morgan fingerprint density at radius 1 is 1.22 bits per heavy atom. The van der Waals surface area contributed by atoms with Gasteiger partial charge in [0.1, 0.15) is 0 Å². The molecule has 1 fully saturated rings. The summed E-state index contributed by atoms with van der Waals surface area (Å²) in [4.78, 5) is 24.5. The molecule has 1 aliphatic heterocycles. The molecule has 1 N–H and O–H groups in total. The van der Waals surface area contributed by atoms with Gasteiger partial charge in [0.25, 0.3) is 0 Å². The fourth-order valence-corrected chi connectivity index (χ4v) is 3.04. The lowest BCUT2D eigenvalue weighted by Gasteiger charge is -2.35. The molecule has 3 rings (SSSR count). The zero-order chi connectivity index (χ0) is 19.2. The molecule has 0 saturated carbocycles. The third-order valence-electron chi connectivity index (χ3n) is 4.56. The van der Waals surface area contributed by atoms with Gasteiger partial charge < -0.3 is 19.9 Å². The summed E-state index contributed by atoms with van der Waals surface area (Å²) >= 11 is 0. The van der Waals surface area contributed by atoms with Crippen LogP contribution in [0.2, 0.25) is 0 Å². The maximum absolute atomic E-state index is 11.7. The highest BCUT2D eigenvalue weighted by molar-refractivity contribution is 5.87. The number of piperazine rings is 1. The van der Waals surface area contributed by atoms with Crippen molar-refractivity contribution in [1.29, 1.82) is 0 Å². The molecule has 27 heavy (non-hydrogen) atoms. The van der Waals surface area contributed by atoms with Crippen LogP contribution in [0.5, 0.6) is 5.88 Å². The molecule has 0 bridgehead atoms. The van der Waals surface area contributed by atoms with Crippen molar-refractivity contribution in [1.82, 2.24) is 14.9 Å². The average molecular weight is 367 g/mol. The van der Waals surface area contributed by atoms with Crippen LogP contribution >= 0.6 is 0 Å². The molecule has 1 aromatic carbocycles. The molecule has 1 saturated heterocycles. The molecule has 0 atom stereocenters. The molecular formula is C20H25N5O2. The van der Waals surface area contributed by atoms with E-state index in [0.29, 0.717) is 18.4 Å². The smallest absolute Gasteiger partial charge is 0.246 e. The van der Waals surface area contributed by atoms with Crippen molar-refractivity contribution in [3.63, 3.8) is 0 Å². The number of aryl methyl sites for hydroxylation is 1. The third kappa shape index (κ3) is 4.75. The highest BCUT2D eigenvalue weighted by Gasteiger charge is 2.19. The lowest BCUT2D eigenvalue weighted by molar-refractivity contribution is -0.126. The van der Waals surface area contributed by atoms with Crippen LogP contribution in [0.25, 0.3) is 0 Å². The first-order chi connectivity index (χ1) is 13.1. The summed E-state index contributed by atoms with van der Waals surface area (Å²) in [6.07, 6.45) is 1.38. The lowest BCUT2D eigenvalue weighted by atomic mass is 10.1. The maximum Gasteiger partial charge on any atom is 0.246 e. The van der Waals surface area contributed by atoms with Gasteiger partial charge in [-0.05, 0) is 30.7 Å². The minimum Gasteiger partial charge on any atom is -0.481 e. The molecule has 1 aromatic heterocycles. The zero-order valence-corrected chi connectivity index (χ0v) is 15.8. The van der Waals surface area contributed by atoms with Crippen molar-refractivity contribution in [3.8, 4) is 5.88 Å². The largest absolute Gasteiger partial charge is 0.481 e. The fourth-order valence-electron chi connectivity index (χ4n) is 3.04. The molecule has 1 aliphatic rings. The Labute approximate surface area is 159 Å². The Balaban J connectivity index is 1.56. The number of ether oxygens (including phenoxy) is 1. The van der Waals surface area contributed by atoms with Gasteiger partial charge in [0, 0.05) is 50.2 Å². The van der Waals surface area contributed by atoms with Crippen LogP contribution in [0.4, 0.5) is 11.6 Å². The van der Waals surface area contributed by atoms with Crippen molar-refractivity contribution in [3.05, 3.63) is 54.2 Å². The van der Waals surface area contributed by atoms with Gasteiger partial charge in [0.05, 0.1) is 7.11 Å². The third-order valence-corrected chi connectivity index (χ3v) is 4.56. The Morgan fingerprint density at radius 2 is 1.93 bits per heavy atom. The minimum absolute atomic E-state index is 0.00562. The number of carbonyl (C=O) groups excluding carboxylic acids is 1. The standard InChI is InChI=1S/C20H25N5O2/c1-4-19(26)25-11-9-24(10-12-25)17-7-5-16(6-8-17)14-21-20-22-15(2)13-18(23-20)27-3/h4-8,13H,1,9-12,14H2,2-3H3,(H,21,22,23). The molecule has 0 unspecified atom stereocenters. The first-order valence-electron chi connectivity index (χ1n) is 8.98. The topological polar surface area (TPSA) is 70.6 Å². The summed E-state index contributed by atoms with van der Waals surface area (Å²) in [6.45, 7) is 9.19. The lowest BCUT2D eigenvalue weighted by Crippen LogP contribution is -2.48. The van der Waals surface area contributed by atoms with Crippen LogP contribution in [-0.2, 0) is 11.3 Å². The number of aromatic nitrogens is 2. The van der Waals surface area contributed by atoms with Crippen LogP contribution in [0, 0.1) is 6.92 Å². The Hall–Kier alpha value is -3.09. The van der Waals surface area contributed by atoms with Crippen LogP contribution in [-0.4, -0.2) is 54.1 Å². The van der Waals surface area contributed by atoms with Crippen LogP contribution < -0.4 is 15.0 Å². The number of methoxy groups -OCH3 is 1. The average Bonchev–Trinajstić information content (AvgIpc) is 2.71. The van der Waals surface area contributed by atoms with E-state index in [2.05, 4.69) is 51.0 Å². The molecular weight excluding hydrogens is 342 g/mol. The van der Waals surface area contributed by atoms with Crippen molar-refractivity contribution < 1.29 is 9.53 Å². The van der Waals surface area contributed by atoms with E-state index in [1.54, 1.807) is 13.2 Å². The summed E-state index contributed by atoms with van der Waals surface area (Å²) in [5, 5.41) is 3.23. The molecule has 1 amide bonds. The van der Waals surface area contributed by atoms with Gasteiger partial charge in [-0.1, -0.05) is 18.7 Å². The number of nitrogens with zero attached hydrogens (tertiary/aromatic N) is 4. The van der Waals surface area contributed by atoms with E-state index in [0.717, 1.165) is 43.1 Å². The van der Waals surface area contributed by atoms with E-state index < -0.39 is 0 Å². The molecule has 2 heterocycles. The van der Waals surface area contributed by atoms with Crippen LogP contribution in [0.1, 0.15) is 11.3 Å². The predicted molar refractivity (Wildman–Crippen MR) is 106 cm³/mol. The maximum atomic E-state index is 11.7. The second kappa shape index (κ2) is 8.53. The highest BCUT2D eigenvalue weighted by Crippen LogP contribution is 2.18. The quantitative estimate of drug-likeness (QED) is 0.790. The number of nitrogens with one attached hydrogen (secondary N) is 1. The number of amides is 1. The van der Waals surface area contributed by atoms with Gasteiger partial charge in [-0.15, -0.1) is 0 Å². The first kappa shape index (κ1) is 18.7. The summed E-state index contributed by atoms with van der Waals surface area (Å²) in [5.41, 5.74) is 3.16. The number of hydrogen-bond donors (Lipinski definition) is 1. The first-order valence-corrected chi connectivity index (χ1v) is 8.98. The van der Waals surface area contributed by atoms with Gasteiger partial charge in [-0.25, -0.2) is 4.98 Å². The van der Waals surface area contributed by atoms with Crippen molar-refractivity contribution in [2.75, 3.05) is 43.5 Å². The summed E-state index contributed by atoms with van der Waals surface area (Å²) in [6, 6.07) is 10.2. The monoisotopic (exact) mass is 367 g/mol. The number of benzene rings is 1. The van der Waals surface area contributed by atoms with Crippen LogP contribution in [0.15, 0.2) is 43.0 Å². The predicted octanol–water partition coefficient (Wildman–Crippen LogP) is 2.24. The van der Waals surface area contributed by atoms with Crippen molar-refractivity contribution >= 4 is 17.5 Å². The van der Waals surface area contributed by atoms with Crippen molar-refractivity contribution in [2.45, 2.75) is 13.5 Å². The molecule has 7 heteroatoms. The number of anilines is 2.